The van der Waals surface area contributed by atoms with Crippen molar-refractivity contribution in [1.82, 2.24) is 25.0 Å². The predicted molar refractivity (Wildman–Crippen MR) is 77.1 cm³/mol. The minimum Gasteiger partial charge on any atom is -0.353 e. The van der Waals surface area contributed by atoms with Gasteiger partial charge < -0.3 is 14.8 Å². The summed E-state index contributed by atoms with van der Waals surface area (Å²) in [5, 5.41) is 10.7. The summed E-state index contributed by atoms with van der Waals surface area (Å²) in [6.07, 6.45) is 6.40. The van der Waals surface area contributed by atoms with Gasteiger partial charge in [-0.25, -0.2) is 0 Å². The van der Waals surface area contributed by atoms with Crippen LogP contribution in [0.25, 0.3) is 0 Å². The standard InChI is InChI=1S/C14H25N5O/c1-3-12(2)17-14(20)13-4-6-18(7-5-13)8-9-19-10-15-16-11-19/h10-13H,3-9H2,1-2H3,(H,17,20). The van der Waals surface area contributed by atoms with Gasteiger partial charge in [-0.1, -0.05) is 6.92 Å². The molecule has 1 fully saturated rings. The number of nitrogens with zero attached hydrogens (tertiary/aromatic N) is 4. The van der Waals surface area contributed by atoms with Gasteiger partial charge in [-0.3, -0.25) is 4.79 Å². The van der Waals surface area contributed by atoms with Crippen molar-refractivity contribution in [1.29, 1.82) is 0 Å². The monoisotopic (exact) mass is 279 g/mol. The maximum absolute atomic E-state index is 12.1. The number of rotatable bonds is 6. The number of amides is 1. The first-order valence-corrected chi connectivity index (χ1v) is 7.54. The molecular formula is C14H25N5O. The molecule has 1 aromatic rings. The van der Waals surface area contributed by atoms with E-state index in [4.69, 9.17) is 0 Å². The van der Waals surface area contributed by atoms with Gasteiger partial charge in [-0.15, -0.1) is 10.2 Å². The second-order valence-corrected chi connectivity index (χ2v) is 5.63. The fraction of sp³-hybridized carbons (Fsp3) is 0.786. The normalized spacial score (nSPS) is 18.9. The SMILES string of the molecule is CCC(C)NC(=O)C1CCN(CCn2cnnc2)CC1. The first kappa shape index (κ1) is 15.0. The summed E-state index contributed by atoms with van der Waals surface area (Å²) in [6, 6.07) is 0.286. The van der Waals surface area contributed by atoms with E-state index in [1.807, 2.05) is 4.57 Å². The van der Waals surface area contributed by atoms with Crippen molar-refractivity contribution >= 4 is 5.91 Å². The van der Waals surface area contributed by atoms with Crippen molar-refractivity contribution in [3.05, 3.63) is 12.7 Å². The van der Waals surface area contributed by atoms with Crippen LogP contribution in [0.5, 0.6) is 0 Å². The number of hydrogen-bond acceptors (Lipinski definition) is 4. The van der Waals surface area contributed by atoms with Crippen molar-refractivity contribution in [3.8, 4) is 0 Å². The lowest BCUT2D eigenvalue weighted by Gasteiger charge is -2.31. The summed E-state index contributed by atoms with van der Waals surface area (Å²) in [4.78, 5) is 14.5. The zero-order valence-corrected chi connectivity index (χ0v) is 12.5. The molecule has 6 heteroatoms. The lowest BCUT2D eigenvalue weighted by atomic mass is 9.95. The number of nitrogens with one attached hydrogen (secondary N) is 1. The molecule has 1 aliphatic rings. The summed E-state index contributed by atoms with van der Waals surface area (Å²) < 4.78 is 1.99. The molecule has 0 spiro atoms. The third-order valence-electron chi connectivity index (χ3n) is 4.10. The van der Waals surface area contributed by atoms with Crippen LogP contribution in [0, 0.1) is 5.92 Å². The third kappa shape index (κ3) is 4.30. The molecule has 1 amide bonds. The predicted octanol–water partition coefficient (Wildman–Crippen LogP) is 0.905. The lowest BCUT2D eigenvalue weighted by Crippen LogP contribution is -2.43. The summed E-state index contributed by atoms with van der Waals surface area (Å²) >= 11 is 0. The van der Waals surface area contributed by atoms with E-state index in [2.05, 4.69) is 34.3 Å². The summed E-state index contributed by atoms with van der Waals surface area (Å²) in [7, 11) is 0. The van der Waals surface area contributed by atoms with Crippen molar-refractivity contribution in [2.24, 2.45) is 5.92 Å². The van der Waals surface area contributed by atoms with E-state index in [0.717, 1.165) is 45.4 Å². The zero-order valence-electron chi connectivity index (χ0n) is 12.5. The largest absolute Gasteiger partial charge is 0.353 e. The molecule has 0 aliphatic carbocycles. The van der Waals surface area contributed by atoms with Gasteiger partial charge in [0.1, 0.15) is 12.7 Å². The topological polar surface area (TPSA) is 63.1 Å². The van der Waals surface area contributed by atoms with E-state index in [0.29, 0.717) is 0 Å². The Morgan fingerprint density at radius 1 is 1.30 bits per heavy atom. The molecule has 0 bridgehead atoms. The molecule has 1 aromatic heterocycles. The highest BCUT2D eigenvalue weighted by molar-refractivity contribution is 5.79. The molecule has 0 radical (unpaired) electrons. The molecule has 6 nitrogen and oxygen atoms in total. The Hall–Kier alpha value is -1.43. The van der Waals surface area contributed by atoms with Gasteiger partial charge >= 0.3 is 0 Å². The van der Waals surface area contributed by atoms with Crippen molar-refractivity contribution in [2.75, 3.05) is 19.6 Å². The molecule has 2 heterocycles. The third-order valence-corrected chi connectivity index (χ3v) is 4.10. The molecule has 1 N–H and O–H groups in total. The van der Waals surface area contributed by atoms with E-state index in [1.54, 1.807) is 12.7 Å². The molecule has 1 unspecified atom stereocenters. The molecule has 0 saturated carbocycles. The second-order valence-electron chi connectivity index (χ2n) is 5.63. The zero-order chi connectivity index (χ0) is 14.4. The van der Waals surface area contributed by atoms with Crippen LogP contribution >= 0.6 is 0 Å². The second kappa shape index (κ2) is 7.38. The van der Waals surface area contributed by atoms with Gasteiger partial charge in [-0.05, 0) is 39.3 Å². The first-order chi connectivity index (χ1) is 9.69. The Morgan fingerprint density at radius 3 is 2.55 bits per heavy atom. The molecular weight excluding hydrogens is 254 g/mol. The van der Waals surface area contributed by atoms with Crippen LogP contribution in [0.2, 0.25) is 0 Å². The highest BCUT2D eigenvalue weighted by atomic mass is 16.1. The Balaban J connectivity index is 1.68. The number of carbonyl (C=O) groups is 1. The lowest BCUT2D eigenvalue weighted by molar-refractivity contribution is -0.127. The molecule has 1 aliphatic heterocycles. The Bertz CT molecular complexity index is 398. The first-order valence-electron chi connectivity index (χ1n) is 7.54. The molecule has 0 aromatic carbocycles. The fourth-order valence-electron chi connectivity index (χ4n) is 2.48. The van der Waals surface area contributed by atoms with E-state index in [-0.39, 0.29) is 17.9 Å². The Labute approximate surface area is 120 Å². The quantitative estimate of drug-likeness (QED) is 0.840. The van der Waals surface area contributed by atoms with Gasteiger partial charge in [0.25, 0.3) is 0 Å². The van der Waals surface area contributed by atoms with Gasteiger partial charge in [-0.2, -0.15) is 0 Å². The van der Waals surface area contributed by atoms with Crippen LogP contribution in [-0.2, 0) is 11.3 Å². The van der Waals surface area contributed by atoms with Crippen LogP contribution in [0.15, 0.2) is 12.7 Å². The Morgan fingerprint density at radius 2 is 1.95 bits per heavy atom. The number of aromatic nitrogens is 3. The van der Waals surface area contributed by atoms with Crippen LogP contribution in [0.3, 0.4) is 0 Å². The number of hydrogen-bond donors (Lipinski definition) is 1. The summed E-state index contributed by atoms with van der Waals surface area (Å²) in [5.74, 6) is 0.424. The highest BCUT2D eigenvalue weighted by Gasteiger charge is 2.25. The summed E-state index contributed by atoms with van der Waals surface area (Å²) in [6.45, 7) is 8.07. The van der Waals surface area contributed by atoms with Gasteiger partial charge in [0, 0.05) is 25.0 Å². The number of carbonyl (C=O) groups excluding carboxylic acids is 1. The van der Waals surface area contributed by atoms with Crippen molar-refractivity contribution < 1.29 is 4.79 Å². The smallest absolute Gasteiger partial charge is 0.223 e. The van der Waals surface area contributed by atoms with Crippen LogP contribution in [0.1, 0.15) is 33.1 Å². The summed E-state index contributed by atoms with van der Waals surface area (Å²) in [5.41, 5.74) is 0. The average molecular weight is 279 g/mol. The van der Waals surface area contributed by atoms with Crippen molar-refractivity contribution in [3.63, 3.8) is 0 Å². The van der Waals surface area contributed by atoms with Crippen molar-refractivity contribution in [2.45, 2.75) is 45.7 Å². The maximum Gasteiger partial charge on any atom is 0.223 e. The minimum absolute atomic E-state index is 0.190. The molecule has 1 atom stereocenters. The molecule has 1 saturated heterocycles. The van der Waals surface area contributed by atoms with Crippen LogP contribution in [-0.4, -0.2) is 51.2 Å². The van der Waals surface area contributed by atoms with Crippen LogP contribution < -0.4 is 5.32 Å². The maximum atomic E-state index is 12.1. The van der Waals surface area contributed by atoms with Gasteiger partial charge in [0.2, 0.25) is 5.91 Å². The van der Waals surface area contributed by atoms with E-state index >= 15 is 0 Å². The number of likely N-dealkylation sites (tertiary alicyclic amines) is 1. The molecule has 20 heavy (non-hydrogen) atoms. The molecule has 2 rings (SSSR count). The molecule has 112 valence electrons. The van der Waals surface area contributed by atoms with Gasteiger partial charge in [0.05, 0.1) is 0 Å². The van der Waals surface area contributed by atoms with Gasteiger partial charge in [0.15, 0.2) is 0 Å². The Kier molecular flexibility index (Phi) is 5.52. The minimum atomic E-state index is 0.190. The number of piperidine rings is 1. The average Bonchev–Trinajstić information content (AvgIpc) is 2.98. The highest BCUT2D eigenvalue weighted by Crippen LogP contribution is 2.17. The van der Waals surface area contributed by atoms with Crippen LogP contribution in [0.4, 0.5) is 0 Å². The van der Waals surface area contributed by atoms with E-state index < -0.39 is 0 Å². The van der Waals surface area contributed by atoms with E-state index in [9.17, 15) is 4.79 Å². The van der Waals surface area contributed by atoms with E-state index in [1.165, 1.54) is 0 Å². The fourth-order valence-corrected chi connectivity index (χ4v) is 2.48.